The van der Waals surface area contributed by atoms with Gasteiger partial charge in [-0.15, -0.1) is 0 Å². The molecule has 0 aliphatic rings. The third kappa shape index (κ3) is 7.13. The first-order chi connectivity index (χ1) is 16.9. The first-order valence-electron chi connectivity index (χ1n) is 10.7. The van der Waals surface area contributed by atoms with E-state index < -0.39 is 17.8 Å². The van der Waals surface area contributed by atoms with Crippen molar-refractivity contribution in [2.75, 3.05) is 26.1 Å². The molecule has 0 heterocycles. The predicted octanol–water partition coefficient (Wildman–Crippen LogP) is 3.46. The van der Waals surface area contributed by atoms with Crippen molar-refractivity contribution in [1.82, 2.24) is 10.7 Å². The maximum atomic E-state index is 12.9. The van der Waals surface area contributed by atoms with E-state index in [2.05, 4.69) is 20.6 Å². The number of hydrogen-bond donors (Lipinski definition) is 2. The normalized spacial score (nSPS) is 11.1. The Hall–Kier alpha value is -4.72. The summed E-state index contributed by atoms with van der Waals surface area (Å²) in [6.07, 6.45) is 3.01. The fraction of sp³-hybridized carbons (Fsp3) is 0.111. The first-order valence-corrected chi connectivity index (χ1v) is 10.7. The van der Waals surface area contributed by atoms with Crippen LogP contribution in [0.25, 0.3) is 6.08 Å². The van der Waals surface area contributed by atoms with Crippen LogP contribution >= 0.6 is 0 Å². The monoisotopic (exact) mass is 470 g/mol. The van der Waals surface area contributed by atoms with Gasteiger partial charge >= 0.3 is 5.97 Å². The largest absolute Gasteiger partial charge is 0.465 e. The van der Waals surface area contributed by atoms with Gasteiger partial charge in [0.25, 0.3) is 11.8 Å². The van der Waals surface area contributed by atoms with Gasteiger partial charge in [0.15, 0.2) is 0 Å². The summed E-state index contributed by atoms with van der Waals surface area (Å²) in [6, 6.07) is 22.7. The second-order valence-electron chi connectivity index (χ2n) is 7.68. The van der Waals surface area contributed by atoms with E-state index in [1.54, 1.807) is 60.7 Å². The van der Waals surface area contributed by atoms with Crippen LogP contribution in [0.4, 0.5) is 5.69 Å². The second-order valence-corrected chi connectivity index (χ2v) is 7.68. The van der Waals surface area contributed by atoms with E-state index >= 15 is 0 Å². The highest BCUT2D eigenvalue weighted by Crippen LogP contribution is 2.14. The molecule has 3 aromatic carbocycles. The number of anilines is 1. The summed E-state index contributed by atoms with van der Waals surface area (Å²) in [5, 5.41) is 6.64. The third-order valence-corrected chi connectivity index (χ3v) is 4.96. The van der Waals surface area contributed by atoms with Crippen molar-refractivity contribution >= 4 is 35.8 Å². The van der Waals surface area contributed by atoms with Gasteiger partial charge in [-0.25, -0.2) is 10.2 Å². The van der Waals surface area contributed by atoms with E-state index in [0.717, 1.165) is 11.3 Å². The zero-order chi connectivity index (χ0) is 25.2. The molecule has 8 heteroatoms. The van der Waals surface area contributed by atoms with Crippen LogP contribution in [0.1, 0.15) is 31.8 Å². The molecule has 0 fully saturated rings. The summed E-state index contributed by atoms with van der Waals surface area (Å²) >= 11 is 0. The van der Waals surface area contributed by atoms with Crippen LogP contribution in [0.2, 0.25) is 0 Å². The number of methoxy groups -OCH3 is 1. The van der Waals surface area contributed by atoms with Crippen LogP contribution in [0.15, 0.2) is 89.7 Å². The Morgan fingerprint density at radius 2 is 1.46 bits per heavy atom. The number of esters is 1. The van der Waals surface area contributed by atoms with Crippen molar-refractivity contribution in [2.45, 2.75) is 0 Å². The summed E-state index contributed by atoms with van der Waals surface area (Å²) in [7, 11) is 5.18. The molecule has 0 aromatic heterocycles. The number of ether oxygens (including phenoxy) is 1. The van der Waals surface area contributed by atoms with Crippen LogP contribution in [0.5, 0.6) is 0 Å². The Kier molecular flexibility index (Phi) is 8.50. The van der Waals surface area contributed by atoms with Crippen LogP contribution in [-0.4, -0.2) is 45.2 Å². The molecule has 0 atom stereocenters. The van der Waals surface area contributed by atoms with E-state index in [1.807, 2.05) is 43.3 Å². The Balaban J connectivity index is 1.77. The Morgan fingerprint density at radius 3 is 2.06 bits per heavy atom. The zero-order valence-electron chi connectivity index (χ0n) is 19.7. The number of rotatable bonds is 8. The number of hydrogen-bond acceptors (Lipinski definition) is 6. The molecule has 8 nitrogen and oxygen atoms in total. The molecular formula is C27H26N4O4. The van der Waals surface area contributed by atoms with Crippen LogP contribution < -0.4 is 15.6 Å². The molecule has 0 saturated carbocycles. The van der Waals surface area contributed by atoms with Crippen LogP contribution in [-0.2, 0) is 9.53 Å². The van der Waals surface area contributed by atoms with Gasteiger partial charge in [-0.2, -0.15) is 5.10 Å². The van der Waals surface area contributed by atoms with Gasteiger partial charge in [0, 0.05) is 25.3 Å². The van der Waals surface area contributed by atoms with E-state index in [0.29, 0.717) is 16.7 Å². The number of hydrazone groups is 1. The summed E-state index contributed by atoms with van der Waals surface area (Å²) < 4.78 is 4.67. The molecule has 178 valence electrons. The molecule has 0 unspecified atom stereocenters. The number of benzene rings is 3. The third-order valence-electron chi connectivity index (χ3n) is 4.96. The quantitative estimate of drug-likeness (QED) is 0.227. The summed E-state index contributed by atoms with van der Waals surface area (Å²) in [6.45, 7) is 0. The lowest BCUT2D eigenvalue weighted by Gasteiger charge is -2.12. The molecule has 2 N–H and O–H groups in total. The van der Waals surface area contributed by atoms with Crippen molar-refractivity contribution in [3.63, 3.8) is 0 Å². The second kappa shape index (κ2) is 11.9. The highest BCUT2D eigenvalue weighted by molar-refractivity contribution is 6.05. The summed E-state index contributed by atoms with van der Waals surface area (Å²) in [5.41, 5.74) is 5.70. The van der Waals surface area contributed by atoms with Crippen LogP contribution in [0.3, 0.4) is 0 Å². The minimum absolute atomic E-state index is 0.0367. The van der Waals surface area contributed by atoms with Crippen molar-refractivity contribution in [3.8, 4) is 0 Å². The zero-order valence-corrected chi connectivity index (χ0v) is 19.7. The lowest BCUT2D eigenvalue weighted by molar-refractivity contribution is -0.117. The van der Waals surface area contributed by atoms with Gasteiger partial charge in [0.1, 0.15) is 5.70 Å². The highest BCUT2D eigenvalue weighted by Gasteiger charge is 2.14. The predicted molar refractivity (Wildman–Crippen MR) is 136 cm³/mol. The van der Waals surface area contributed by atoms with Crippen LogP contribution in [0, 0.1) is 0 Å². The standard InChI is InChI=1S/C27H26N4O4/c1-31(2)23-15-11-19(12-16-23)17-24(29-25(32)21-7-5-4-6-8-21)26(33)30-28-18-20-9-13-22(14-10-20)27(34)35-3/h4-18H,1-3H3,(H,29,32)(H,30,33)/b24-17-,28-18-. The molecule has 0 aliphatic heterocycles. The smallest absolute Gasteiger partial charge is 0.337 e. The van der Waals surface area contributed by atoms with Gasteiger partial charge in [0.05, 0.1) is 18.9 Å². The SMILES string of the molecule is COC(=O)c1ccc(/C=N\NC(=O)/C(=C/c2ccc(N(C)C)cc2)NC(=O)c2ccccc2)cc1. The molecule has 0 saturated heterocycles. The Bertz CT molecular complexity index is 1230. The molecule has 2 amide bonds. The Morgan fingerprint density at radius 1 is 0.829 bits per heavy atom. The molecule has 0 radical (unpaired) electrons. The molecule has 0 bridgehead atoms. The van der Waals surface area contributed by atoms with Crippen molar-refractivity contribution in [1.29, 1.82) is 0 Å². The molecule has 0 spiro atoms. The minimum Gasteiger partial charge on any atom is -0.465 e. The van der Waals surface area contributed by atoms with Gasteiger partial charge in [0.2, 0.25) is 0 Å². The summed E-state index contributed by atoms with van der Waals surface area (Å²) in [4.78, 5) is 39.1. The maximum Gasteiger partial charge on any atom is 0.337 e. The van der Waals surface area contributed by atoms with Crippen molar-refractivity contribution < 1.29 is 19.1 Å². The summed E-state index contributed by atoms with van der Waals surface area (Å²) in [5.74, 6) is -1.45. The molecule has 0 aliphatic carbocycles. The van der Waals surface area contributed by atoms with Crippen molar-refractivity contribution in [2.24, 2.45) is 5.10 Å². The average molecular weight is 471 g/mol. The highest BCUT2D eigenvalue weighted by atomic mass is 16.5. The number of amides is 2. The minimum atomic E-state index is -0.589. The average Bonchev–Trinajstić information content (AvgIpc) is 2.89. The molecular weight excluding hydrogens is 444 g/mol. The molecule has 3 rings (SSSR count). The fourth-order valence-electron chi connectivity index (χ4n) is 3.03. The van der Waals surface area contributed by atoms with E-state index in [1.165, 1.54) is 13.3 Å². The first kappa shape index (κ1) is 24.9. The lowest BCUT2D eigenvalue weighted by Crippen LogP contribution is -2.32. The van der Waals surface area contributed by atoms with Gasteiger partial charge in [-0.05, 0) is 53.6 Å². The van der Waals surface area contributed by atoms with Gasteiger partial charge < -0.3 is 15.0 Å². The number of nitrogens with zero attached hydrogens (tertiary/aromatic N) is 2. The lowest BCUT2D eigenvalue weighted by atomic mass is 10.1. The Labute approximate surface area is 203 Å². The number of carbonyl (C=O) groups is 3. The maximum absolute atomic E-state index is 12.9. The van der Waals surface area contributed by atoms with Gasteiger partial charge in [-0.3, -0.25) is 9.59 Å². The molecule has 35 heavy (non-hydrogen) atoms. The number of nitrogens with one attached hydrogen (secondary N) is 2. The van der Waals surface area contributed by atoms with Crippen molar-refractivity contribution in [3.05, 3.63) is 107 Å². The topological polar surface area (TPSA) is 100 Å². The fourth-order valence-corrected chi connectivity index (χ4v) is 3.03. The number of carbonyl (C=O) groups excluding carboxylic acids is 3. The molecule has 3 aromatic rings. The van der Waals surface area contributed by atoms with Gasteiger partial charge in [-0.1, -0.05) is 42.5 Å². The van der Waals surface area contributed by atoms with E-state index in [4.69, 9.17) is 0 Å². The van der Waals surface area contributed by atoms with E-state index in [9.17, 15) is 14.4 Å². The van der Waals surface area contributed by atoms with E-state index in [-0.39, 0.29) is 5.70 Å².